The molecule has 0 unspecified atom stereocenters. The SMILES string of the molecule is CC[C@H](C)C(=O)N=C1S[C@H]2CS(=O)(=O)C[C@H]2N1c1cc(C)ccc1C. The summed E-state index contributed by atoms with van der Waals surface area (Å²) in [5, 5.41) is 0.581. The number of fused-ring (bicyclic) bond motifs is 1. The van der Waals surface area contributed by atoms with Crippen LogP contribution in [0.15, 0.2) is 23.2 Å². The van der Waals surface area contributed by atoms with Crippen molar-refractivity contribution in [1.82, 2.24) is 0 Å². The molecule has 0 bridgehead atoms. The number of amidine groups is 1. The van der Waals surface area contributed by atoms with Crippen LogP contribution >= 0.6 is 11.8 Å². The van der Waals surface area contributed by atoms with E-state index in [0.29, 0.717) is 5.17 Å². The predicted molar refractivity (Wildman–Crippen MR) is 104 cm³/mol. The van der Waals surface area contributed by atoms with E-state index in [1.54, 1.807) is 0 Å². The lowest BCUT2D eigenvalue weighted by atomic mass is 10.1. The van der Waals surface area contributed by atoms with Gasteiger partial charge in [0.15, 0.2) is 15.0 Å². The average Bonchev–Trinajstić information content (AvgIpc) is 3.00. The molecular formula is C18H24N2O3S2. The molecule has 0 aromatic heterocycles. The largest absolute Gasteiger partial charge is 0.315 e. The molecule has 3 atom stereocenters. The van der Waals surface area contributed by atoms with E-state index in [9.17, 15) is 13.2 Å². The molecular weight excluding hydrogens is 356 g/mol. The van der Waals surface area contributed by atoms with Crippen molar-refractivity contribution in [2.24, 2.45) is 10.9 Å². The van der Waals surface area contributed by atoms with Crippen molar-refractivity contribution in [3.05, 3.63) is 29.3 Å². The number of benzene rings is 1. The molecule has 1 amide bonds. The van der Waals surface area contributed by atoms with Gasteiger partial charge >= 0.3 is 0 Å². The summed E-state index contributed by atoms with van der Waals surface area (Å²) in [6.07, 6.45) is 0.741. The Morgan fingerprint density at radius 3 is 2.76 bits per heavy atom. The second-order valence-electron chi connectivity index (χ2n) is 7.00. The van der Waals surface area contributed by atoms with Gasteiger partial charge in [0, 0.05) is 16.9 Å². The minimum atomic E-state index is -3.04. The highest BCUT2D eigenvalue weighted by Crippen LogP contribution is 2.42. The van der Waals surface area contributed by atoms with E-state index in [2.05, 4.69) is 4.99 Å². The average molecular weight is 381 g/mol. The Morgan fingerprint density at radius 2 is 2.08 bits per heavy atom. The van der Waals surface area contributed by atoms with Gasteiger partial charge in [0.2, 0.25) is 0 Å². The number of amides is 1. The number of rotatable bonds is 3. The van der Waals surface area contributed by atoms with E-state index in [1.807, 2.05) is 50.8 Å². The maximum absolute atomic E-state index is 12.4. The zero-order valence-electron chi connectivity index (χ0n) is 15.0. The van der Waals surface area contributed by atoms with Crippen LogP contribution in [0.1, 0.15) is 31.4 Å². The molecule has 2 aliphatic heterocycles. The monoisotopic (exact) mass is 380 g/mol. The second kappa shape index (κ2) is 6.76. The highest BCUT2D eigenvalue weighted by molar-refractivity contribution is 8.16. The zero-order chi connectivity index (χ0) is 18.4. The van der Waals surface area contributed by atoms with Gasteiger partial charge in [-0.25, -0.2) is 8.42 Å². The fourth-order valence-corrected chi connectivity index (χ4v) is 7.12. The van der Waals surface area contributed by atoms with E-state index < -0.39 is 9.84 Å². The van der Waals surface area contributed by atoms with Crippen LogP contribution in [-0.2, 0) is 14.6 Å². The van der Waals surface area contributed by atoms with E-state index >= 15 is 0 Å². The van der Waals surface area contributed by atoms with Crippen molar-refractivity contribution < 1.29 is 13.2 Å². The van der Waals surface area contributed by atoms with Gasteiger partial charge in [-0.3, -0.25) is 4.79 Å². The lowest BCUT2D eigenvalue weighted by Gasteiger charge is -2.26. The molecule has 1 aromatic carbocycles. The maximum atomic E-state index is 12.4. The molecule has 5 nitrogen and oxygen atoms in total. The summed E-state index contributed by atoms with van der Waals surface area (Å²) in [6.45, 7) is 7.86. The van der Waals surface area contributed by atoms with Crippen molar-refractivity contribution in [1.29, 1.82) is 0 Å². The lowest BCUT2D eigenvalue weighted by molar-refractivity contribution is -0.121. The Kier molecular flexibility index (Phi) is 4.99. The van der Waals surface area contributed by atoms with Gasteiger partial charge in [-0.2, -0.15) is 4.99 Å². The van der Waals surface area contributed by atoms with E-state index in [0.717, 1.165) is 23.2 Å². The first-order valence-corrected chi connectivity index (χ1v) is 11.3. The number of hydrogen-bond acceptors (Lipinski definition) is 4. The minimum absolute atomic E-state index is 0.0617. The van der Waals surface area contributed by atoms with Gasteiger partial charge in [0.05, 0.1) is 17.5 Å². The quantitative estimate of drug-likeness (QED) is 0.806. The number of thioether (sulfide) groups is 1. The van der Waals surface area contributed by atoms with Gasteiger partial charge in [0.1, 0.15) is 0 Å². The van der Waals surface area contributed by atoms with Gasteiger partial charge in [-0.05, 0) is 37.5 Å². The van der Waals surface area contributed by atoms with Crippen molar-refractivity contribution in [2.75, 3.05) is 16.4 Å². The molecule has 0 radical (unpaired) electrons. The Morgan fingerprint density at radius 1 is 1.36 bits per heavy atom. The summed E-state index contributed by atoms with van der Waals surface area (Å²) in [6, 6.07) is 5.96. The van der Waals surface area contributed by atoms with E-state index in [4.69, 9.17) is 0 Å². The summed E-state index contributed by atoms with van der Waals surface area (Å²) in [4.78, 5) is 18.7. The molecule has 2 aliphatic rings. The second-order valence-corrected chi connectivity index (χ2v) is 10.4. The normalized spacial score (nSPS) is 27.5. The Hall–Kier alpha value is -1.34. The molecule has 1 aromatic rings. The van der Waals surface area contributed by atoms with Crippen LogP contribution in [0.2, 0.25) is 0 Å². The third kappa shape index (κ3) is 3.62. The van der Waals surface area contributed by atoms with Crippen LogP contribution in [0.4, 0.5) is 5.69 Å². The van der Waals surface area contributed by atoms with Crippen LogP contribution < -0.4 is 4.90 Å². The Bertz CT molecular complexity index is 833. The van der Waals surface area contributed by atoms with Crippen molar-refractivity contribution in [2.45, 2.75) is 45.4 Å². The van der Waals surface area contributed by atoms with Crippen molar-refractivity contribution in [3.8, 4) is 0 Å². The molecule has 0 spiro atoms. The van der Waals surface area contributed by atoms with Crippen LogP contribution in [0.25, 0.3) is 0 Å². The number of aliphatic imine (C=N–C) groups is 1. The summed E-state index contributed by atoms with van der Waals surface area (Å²) in [5.74, 6) is 0.00956. The van der Waals surface area contributed by atoms with Crippen molar-refractivity contribution >= 4 is 38.4 Å². The molecule has 0 aliphatic carbocycles. The van der Waals surface area contributed by atoms with Gasteiger partial charge in [-0.15, -0.1) is 0 Å². The number of nitrogens with zero attached hydrogens (tertiary/aromatic N) is 2. The highest BCUT2D eigenvalue weighted by atomic mass is 32.2. The Balaban J connectivity index is 2.05. The number of carbonyl (C=O) groups excluding carboxylic acids is 1. The summed E-state index contributed by atoms with van der Waals surface area (Å²) >= 11 is 1.43. The fraction of sp³-hybridized carbons (Fsp3) is 0.556. The predicted octanol–water partition coefficient (Wildman–Crippen LogP) is 2.95. The van der Waals surface area contributed by atoms with Crippen LogP contribution in [0.5, 0.6) is 0 Å². The summed E-state index contributed by atoms with van der Waals surface area (Å²) < 4.78 is 24.2. The topological polar surface area (TPSA) is 66.8 Å². The fourth-order valence-electron chi connectivity index (χ4n) is 3.20. The molecule has 3 rings (SSSR count). The smallest absolute Gasteiger partial charge is 0.250 e. The molecule has 0 N–H and O–H groups in total. The molecule has 2 heterocycles. The molecule has 2 fully saturated rings. The van der Waals surface area contributed by atoms with Gasteiger partial charge in [0.25, 0.3) is 5.91 Å². The molecule has 0 saturated carbocycles. The third-order valence-electron chi connectivity index (χ3n) is 4.93. The number of carbonyl (C=O) groups is 1. The minimum Gasteiger partial charge on any atom is -0.315 e. The van der Waals surface area contributed by atoms with E-state index in [-0.39, 0.29) is 34.6 Å². The standard InChI is InChI=1S/C18H24N2O3S2/c1-5-12(3)17(21)19-18-20(14-8-11(2)6-7-13(14)4)15-9-25(22,23)10-16(15)24-18/h6-8,12,15-16H,5,9-10H2,1-4H3/t12-,15+,16-/m0/s1. The number of sulfone groups is 1. The van der Waals surface area contributed by atoms with Crippen LogP contribution in [0, 0.1) is 19.8 Å². The Labute approximate surface area is 153 Å². The van der Waals surface area contributed by atoms with Crippen LogP contribution in [-0.4, -0.2) is 42.3 Å². The first-order valence-electron chi connectivity index (χ1n) is 8.58. The maximum Gasteiger partial charge on any atom is 0.250 e. The number of hydrogen-bond donors (Lipinski definition) is 0. The molecule has 25 heavy (non-hydrogen) atoms. The number of anilines is 1. The number of aryl methyl sites for hydroxylation is 2. The highest BCUT2D eigenvalue weighted by Gasteiger charge is 2.49. The molecule has 136 valence electrons. The van der Waals surface area contributed by atoms with Gasteiger partial charge < -0.3 is 4.90 Å². The first-order chi connectivity index (χ1) is 11.7. The third-order valence-corrected chi connectivity index (χ3v) is 8.14. The molecule has 7 heteroatoms. The van der Waals surface area contributed by atoms with Gasteiger partial charge in [-0.1, -0.05) is 37.7 Å². The zero-order valence-corrected chi connectivity index (χ0v) is 16.7. The lowest BCUT2D eigenvalue weighted by Crippen LogP contribution is -2.38. The summed E-state index contributed by atoms with van der Waals surface area (Å²) in [5.41, 5.74) is 3.11. The summed E-state index contributed by atoms with van der Waals surface area (Å²) in [7, 11) is -3.04. The van der Waals surface area contributed by atoms with E-state index in [1.165, 1.54) is 11.8 Å². The van der Waals surface area contributed by atoms with Crippen molar-refractivity contribution in [3.63, 3.8) is 0 Å². The first kappa shape index (κ1) is 18.5. The molecule has 2 saturated heterocycles. The van der Waals surface area contributed by atoms with Crippen LogP contribution in [0.3, 0.4) is 0 Å².